The minimum absolute atomic E-state index is 0.0366. The normalized spacial score (nSPS) is 10.3. The average Bonchev–Trinajstić information content (AvgIpc) is 2.40. The second-order valence-electron chi connectivity index (χ2n) is 3.83. The maximum Gasteiger partial charge on any atom is 0.341 e. The molecule has 2 rings (SSSR count). The topological polar surface area (TPSA) is 26.3 Å². The molecule has 0 aromatic heterocycles. The van der Waals surface area contributed by atoms with Crippen molar-refractivity contribution in [1.82, 2.24) is 0 Å². The SMILES string of the molecule is O=C(OCc1ccc(F)cc1)c1cc(Br)ccc1F. The molecule has 0 aliphatic heterocycles. The first kappa shape index (κ1) is 13.7. The number of halogens is 3. The van der Waals surface area contributed by atoms with E-state index in [0.29, 0.717) is 10.0 Å². The van der Waals surface area contributed by atoms with Gasteiger partial charge in [0.2, 0.25) is 0 Å². The summed E-state index contributed by atoms with van der Waals surface area (Å²) in [6.45, 7) is -0.0366. The lowest BCUT2D eigenvalue weighted by Crippen LogP contribution is -2.07. The molecule has 98 valence electrons. The molecule has 0 bridgehead atoms. The highest BCUT2D eigenvalue weighted by Gasteiger charge is 2.13. The van der Waals surface area contributed by atoms with Crippen LogP contribution >= 0.6 is 15.9 Å². The number of hydrogen-bond donors (Lipinski definition) is 0. The summed E-state index contributed by atoms with van der Waals surface area (Å²) in [4.78, 5) is 11.7. The van der Waals surface area contributed by atoms with Gasteiger partial charge >= 0.3 is 5.97 Å². The van der Waals surface area contributed by atoms with Crippen molar-refractivity contribution in [2.75, 3.05) is 0 Å². The molecule has 0 fully saturated rings. The average molecular weight is 327 g/mol. The lowest BCUT2D eigenvalue weighted by molar-refractivity contribution is 0.0467. The maximum absolute atomic E-state index is 13.4. The third-order valence-electron chi connectivity index (χ3n) is 2.43. The van der Waals surface area contributed by atoms with Crippen molar-refractivity contribution in [2.45, 2.75) is 6.61 Å². The number of hydrogen-bond acceptors (Lipinski definition) is 2. The van der Waals surface area contributed by atoms with Gasteiger partial charge in [-0.2, -0.15) is 0 Å². The lowest BCUT2D eigenvalue weighted by atomic mass is 10.2. The summed E-state index contributed by atoms with van der Waals surface area (Å²) in [5.41, 5.74) is 0.488. The molecule has 0 spiro atoms. The fourth-order valence-electron chi connectivity index (χ4n) is 1.46. The van der Waals surface area contributed by atoms with Crippen LogP contribution in [0.5, 0.6) is 0 Å². The molecule has 0 unspecified atom stereocenters. The molecule has 5 heteroatoms. The predicted octanol–water partition coefficient (Wildman–Crippen LogP) is 4.08. The van der Waals surface area contributed by atoms with E-state index in [1.165, 1.54) is 42.5 Å². The summed E-state index contributed by atoms with van der Waals surface area (Å²) in [6, 6.07) is 9.55. The highest BCUT2D eigenvalue weighted by atomic mass is 79.9. The molecule has 0 saturated carbocycles. The van der Waals surface area contributed by atoms with Crippen LogP contribution in [0.15, 0.2) is 46.9 Å². The minimum atomic E-state index is -0.761. The molecule has 0 aliphatic carbocycles. The fourth-order valence-corrected chi connectivity index (χ4v) is 1.82. The van der Waals surface area contributed by atoms with Gasteiger partial charge in [0.1, 0.15) is 18.2 Å². The Morgan fingerprint density at radius 3 is 2.47 bits per heavy atom. The minimum Gasteiger partial charge on any atom is -0.457 e. The van der Waals surface area contributed by atoms with Crippen LogP contribution in [0.2, 0.25) is 0 Å². The van der Waals surface area contributed by atoms with Gasteiger partial charge in [-0.3, -0.25) is 0 Å². The third-order valence-corrected chi connectivity index (χ3v) is 2.92. The van der Waals surface area contributed by atoms with E-state index in [9.17, 15) is 13.6 Å². The van der Waals surface area contributed by atoms with Crippen molar-refractivity contribution in [3.05, 3.63) is 69.7 Å². The molecule has 0 atom stereocenters. The zero-order chi connectivity index (χ0) is 13.8. The van der Waals surface area contributed by atoms with Gasteiger partial charge in [0.05, 0.1) is 5.56 Å². The molecule has 0 radical (unpaired) electrons. The van der Waals surface area contributed by atoms with Crippen LogP contribution in [0.1, 0.15) is 15.9 Å². The summed E-state index contributed by atoms with van der Waals surface area (Å²) in [5, 5.41) is 0. The van der Waals surface area contributed by atoms with Gasteiger partial charge in [-0.25, -0.2) is 13.6 Å². The van der Waals surface area contributed by atoms with E-state index in [1.807, 2.05) is 0 Å². The van der Waals surface area contributed by atoms with Crippen molar-refractivity contribution in [2.24, 2.45) is 0 Å². The van der Waals surface area contributed by atoms with Gasteiger partial charge in [-0.1, -0.05) is 28.1 Å². The molecular formula is C14H9BrF2O2. The van der Waals surface area contributed by atoms with E-state index < -0.39 is 11.8 Å². The monoisotopic (exact) mass is 326 g/mol. The summed E-state index contributed by atoms with van der Waals surface area (Å²) in [6.07, 6.45) is 0. The fraction of sp³-hybridized carbons (Fsp3) is 0.0714. The van der Waals surface area contributed by atoms with Crippen molar-refractivity contribution in [3.8, 4) is 0 Å². The van der Waals surface area contributed by atoms with E-state index in [4.69, 9.17) is 4.74 Å². The van der Waals surface area contributed by atoms with Gasteiger partial charge in [0.15, 0.2) is 0 Å². The first-order valence-electron chi connectivity index (χ1n) is 5.43. The van der Waals surface area contributed by atoms with Gasteiger partial charge in [-0.15, -0.1) is 0 Å². The highest BCUT2D eigenvalue weighted by Crippen LogP contribution is 2.17. The molecule has 0 heterocycles. The molecule has 2 aromatic rings. The quantitative estimate of drug-likeness (QED) is 0.794. The smallest absolute Gasteiger partial charge is 0.341 e. The van der Waals surface area contributed by atoms with Crippen LogP contribution in [0.3, 0.4) is 0 Å². The zero-order valence-electron chi connectivity index (χ0n) is 9.70. The van der Waals surface area contributed by atoms with Crippen LogP contribution in [-0.4, -0.2) is 5.97 Å². The number of benzene rings is 2. The van der Waals surface area contributed by atoms with Crippen LogP contribution < -0.4 is 0 Å². The number of carbonyl (C=O) groups excluding carboxylic acids is 1. The summed E-state index contributed by atoms with van der Waals surface area (Å²) in [7, 11) is 0. The van der Waals surface area contributed by atoms with Crippen LogP contribution in [-0.2, 0) is 11.3 Å². The van der Waals surface area contributed by atoms with E-state index in [-0.39, 0.29) is 18.0 Å². The predicted molar refractivity (Wildman–Crippen MR) is 69.6 cm³/mol. The van der Waals surface area contributed by atoms with Crippen LogP contribution in [0.25, 0.3) is 0 Å². The largest absolute Gasteiger partial charge is 0.457 e. The molecule has 0 saturated heterocycles. The number of carbonyl (C=O) groups is 1. The summed E-state index contributed by atoms with van der Waals surface area (Å²) >= 11 is 3.15. The van der Waals surface area contributed by atoms with Crippen molar-refractivity contribution < 1.29 is 18.3 Å². The van der Waals surface area contributed by atoms with E-state index >= 15 is 0 Å². The number of rotatable bonds is 3. The Labute approximate surface area is 117 Å². The Bertz CT molecular complexity index is 597. The third kappa shape index (κ3) is 3.61. The van der Waals surface area contributed by atoms with Gasteiger partial charge in [0, 0.05) is 4.47 Å². The van der Waals surface area contributed by atoms with Gasteiger partial charge in [-0.05, 0) is 35.9 Å². The van der Waals surface area contributed by atoms with E-state index in [0.717, 1.165) is 0 Å². The van der Waals surface area contributed by atoms with Crippen LogP contribution in [0, 0.1) is 11.6 Å². The Morgan fingerprint density at radius 1 is 1.11 bits per heavy atom. The lowest BCUT2D eigenvalue weighted by Gasteiger charge is -2.06. The van der Waals surface area contributed by atoms with Crippen molar-refractivity contribution >= 4 is 21.9 Å². The second-order valence-corrected chi connectivity index (χ2v) is 4.74. The van der Waals surface area contributed by atoms with E-state index in [2.05, 4.69) is 15.9 Å². The molecule has 0 N–H and O–H groups in total. The van der Waals surface area contributed by atoms with Crippen LogP contribution in [0.4, 0.5) is 8.78 Å². The highest BCUT2D eigenvalue weighted by molar-refractivity contribution is 9.10. The Morgan fingerprint density at radius 2 is 1.79 bits per heavy atom. The van der Waals surface area contributed by atoms with Crippen molar-refractivity contribution in [1.29, 1.82) is 0 Å². The Balaban J connectivity index is 2.05. The van der Waals surface area contributed by atoms with Crippen molar-refractivity contribution in [3.63, 3.8) is 0 Å². The van der Waals surface area contributed by atoms with Gasteiger partial charge in [0.25, 0.3) is 0 Å². The standard InChI is InChI=1S/C14H9BrF2O2/c15-10-3-6-13(17)12(7-10)14(18)19-8-9-1-4-11(16)5-2-9/h1-7H,8H2. The molecule has 19 heavy (non-hydrogen) atoms. The first-order valence-corrected chi connectivity index (χ1v) is 6.22. The number of esters is 1. The van der Waals surface area contributed by atoms with Gasteiger partial charge < -0.3 is 4.74 Å². The zero-order valence-corrected chi connectivity index (χ0v) is 11.3. The second kappa shape index (κ2) is 5.93. The maximum atomic E-state index is 13.4. The summed E-state index contributed by atoms with van der Waals surface area (Å²) in [5.74, 6) is -1.77. The molecule has 2 aromatic carbocycles. The molecule has 0 amide bonds. The summed E-state index contributed by atoms with van der Waals surface area (Å²) < 4.78 is 31.7. The molecule has 0 aliphatic rings. The molecular weight excluding hydrogens is 318 g/mol. The Hall–Kier alpha value is -1.75. The first-order chi connectivity index (χ1) is 9.06. The van der Waals surface area contributed by atoms with E-state index in [1.54, 1.807) is 0 Å². The number of ether oxygens (including phenoxy) is 1. The Kier molecular flexibility index (Phi) is 4.27. The molecule has 2 nitrogen and oxygen atoms in total.